The molecule has 2 fully saturated rings. The molecule has 60 heavy (non-hydrogen) atoms. The number of carbonyl (C=O) groups excluding carboxylic acids is 4. The summed E-state index contributed by atoms with van der Waals surface area (Å²) in [6.45, 7) is 4.35. The number of hydrogen-bond acceptors (Lipinski definition) is 10. The van der Waals surface area contributed by atoms with Crippen molar-refractivity contribution in [2.45, 2.75) is 128 Å². The highest BCUT2D eigenvalue weighted by atomic mass is 16.6. The van der Waals surface area contributed by atoms with E-state index < -0.39 is 0 Å². The summed E-state index contributed by atoms with van der Waals surface area (Å²) in [5, 5.41) is 0. The molecule has 10 heteroatoms. The van der Waals surface area contributed by atoms with Crippen LogP contribution in [-0.4, -0.2) is 62.5 Å². The van der Waals surface area contributed by atoms with Crippen LogP contribution in [-0.2, 0) is 31.8 Å². The van der Waals surface area contributed by atoms with Gasteiger partial charge in [-0.25, -0.2) is 19.2 Å². The van der Waals surface area contributed by atoms with Crippen LogP contribution < -0.4 is 9.47 Å². The number of ether oxygens (including phenoxy) is 6. The predicted molar refractivity (Wildman–Crippen MR) is 234 cm³/mol. The Morgan fingerprint density at radius 2 is 0.650 bits per heavy atom. The topological polar surface area (TPSA) is 124 Å². The average Bonchev–Trinajstić information content (AvgIpc) is 3.29. The fourth-order valence-corrected chi connectivity index (χ4v) is 7.24. The highest BCUT2D eigenvalue weighted by molar-refractivity contribution is 5.91. The number of carbonyl (C=O) groups is 4. The maximum Gasteiger partial charge on any atom is 0.338 e. The lowest BCUT2D eigenvalue weighted by atomic mass is 9.94. The summed E-state index contributed by atoms with van der Waals surface area (Å²) in [6.07, 6.45) is 11.7. The van der Waals surface area contributed by atoms with Gasteiger partial charge in [0.25, 0.3) is 0 Å². The smallest absolute Gasteiger partial charge is 0.338 e. The Labute approximate surface area is 357 Å². The van der Waals surface area contributed by atoms with E-state index in [1.54, 1.807) is 62.8 Å². The quantitative estimate of drug-likeness (QED) is 0.0796. The lowest BCUT2D eigenvalue weighted by Gasteiger charge is -2.28. The first-order valence-corrected chi connectivity index (χ1v) is 21.5. The molecule has 6 rings (SSSR count). The summed E-state index contributed by atoms with van der Waals surface area (Å²) in [5.41, 5.74) is 4.69. The number of benzene rings is 4. The van der Waals surface area contributed by atoms with Crippen molar-refractivity contribution >= 4 is 23.9 Å². The normalized spacial score (nSPS) is 18.5. The van der Waals surface area contributed by atoms with Crippen LogP contribution in [0.2, 0.25) is 0 Å². The first kappa shape index (κ1) is 45.4. The molecule has 4 aromatic carbocycles. The van der Waals surface area contributed by atoms with Gasteiger partial charge in [-0.3, -0.25) is 0 Å². The van der Waals surface area contributed by atoms with Crippen molar-refractivity contribution in [3.05, 3.63) is 130 Å². The van der Waals surface area contributed by atoms with Gasteiger partial charge in [0.05, 0.1) is 36.5 Å². The minimum Gasteiger partial charge on any atom is -0.497 e. The van der Waals surface area contributed by atoms with Crippen molar-refractivity contribution in [2.24, 2.45) is 0 Å². The molecule has 0 saturated heterocycles. The molecule has 0 atom stereocenters. The maximum absolute atomic E-state index is 12.5. The molecule has 0 radical (unpaired) electrons. The third kappa shape index (κ3) is 14.3. The molecule has 10 nitrogen and oxygen atoms in total. The van der Waals surface area contributed by atoms with Gasteiger partial charge in [0, 0.05) is 2.85 Å². The maximum atomic E-state index is 12.5. The molecule has 2 saturated carbocycles. The second-order valence-corrected chi connectivity index (χ2v) is 15.5. The molecular weight excluding hydrogens is 761 g/mol. The van der Waals surface area contributed by atoms with Crippen LogP contribution in [0, 0.1) is 0 Å². The monoisotopic (exact) mass is 824 g/mol. The molecule has 4 aromatic rings. The van der Waals surface area contributed by atoms with Gasteiger partial charge in [0.15, 0.2) is 0 Å². The number of rotatable bonds is 16. The van der Waals surface area contributed by atoms with E-state index in [0.29, 0.717) is 85.1 Å². The molecule has 2 aliphatic rings. The molecule has 0 amide bonds. The van der Waals surface area contributed by atoms with E-state index in [1.165, 1.54) is 11.1 Å². The van der Waals surface area contributed by atoms with E-state index in [4.69, 9.17) is 28.4 Å². The van der Waals surface area contributed by atoms with Gasteiger partial charge in [-0.1, -0.05) is 51.0 Å². The standard InChI is InChI=1S/C28H36O4.C22H24O6.2H2/c1-3-5-7-21-9-13-23(14-10-21)27(29)31-25-17-19-26(20-18-25)32-28(30)24-15-11-22(12-16-24)8-6-4-2;1-25-17-7-3-15(4-8-17)21(23)27-19-11-13-20(14-12-19)28-22(24)16-5-9-18(26-2)10-6-16;;/h9-16,25-26H,3-8,17-20H2,1-2H3;3-10,19-20H,11-14H2,1-2H3;2*1H. The van der Waals surface area contributed by atoms with E-state index in [1.807, 2.05) is 48.5 Å². The molecule has 324 valence electrons. The van der Waals surface area contributed by atoms with E-state index in [2.05, 4.69) is 13.8 Å². The Hall–Kier alpha value is -5.64. The van der Waals surface area contributed by atoms with Crippen molar-refractivity contribution < 1.29 is 50.5 Å². The molecule has 0 bridgehead atoms. The SMILES string of the molecule is CCCCc1ccc(C(=O)OC2CCC(OC(=O)c3ccc(CCCC)cc3)CC2)cc1.COc1ccc(C(=O)OC2CCC(OC(=O)c3ccc(OC)cc3)CC2)cc1.[HH].[HH]. The fourth-order valence-electron chi connectivity index (χ4n) is 7.24. The van der Waals surface area contributed by atoms with Gasteiger partial charge in [0.1, 0.15) is 35.9 Å². The first-order chi connectivity index (χ1) is 29.2. The highest BCUT2D eigenvalue weighted by Crippen LogP contribution is 2.27. The number of hydrogen-bond donors (Lipinski definition) is 0. The van der Waals surface area contributed by atoms with Gasteiger partial charge in [-0.05, 0) is 161 Å². The fraction of sp³-hybridized carbons (Fsp3) is 0.440. The average molecular weight is 825 g/mol. The zero-order chi connectivity index (χ0) is 42.7. The number of unbranched alkanes of at least 4 members (excludes halogenated alkanes) is 2. The lowest BCUT2D eigenvalue weighted by molar-refractivity contribution is -0.0108. The van der Waals surface area contributed by atoms with Crippen LogP contribution >= 0.6 is 0 Å². The second-order valence-electron chi connectivity index (χ2n) is 15.5. The van der Waals surface area contributed by atoms with Gasteiger partial charge in [-0.2, -0.15) is 0 Å². The summed E-state index contributed by atoms with van der Waals surface area (Å²) >= 11 is 0. The highest BCUT2D eigenvalue weighted by Gasteiger charge is 2.28. The Kier molecular flexibility index (Phi) is 18.0. The van der Waals surface area contributed by atoms with Crippen LogP contribution in [0.25, 0.3) is 0 Å². The lowest BCUT2D eigenvalue weighted by Crippen LogP contribution is -2.29. The van der Waals surface area contributed by atoms with Gasteiger partial charge in [-0.15, -0.1) is 0 Å². The third-order valence-corrected chi connectivity index (χ3v) is 11.0. The van der Waals surface area contributed by atoms with E-state index in [-0.39, 0.29) is 51.1 Å². The Balaban J connectivity index is 0.000000323. The van der Waals surface area contributed by atoms with Crippen molar-refractivity contribution in [3.8, 4) is 11.5 Å². The summed E-state index contributed by atoms with van der Waals surface area (Å²) in [7, 11) is 3.15. The molecule has 2 aliphatic carbocycles. The van der Waals surface area contributed by atoms with Crippen molar-refractivity contribution in [1.82, 2.24) is 0 Å². The summed E-state index contributed by atoms with van der Waals surface area (Å²) < 4.78 is 32.7. The van der Waals surface area contributed by atoms with E-state index in [9.17, 15) is 19.2 Å². The van der Waals surface area contributed by atoms with Crippen LogP contribution in [0.15, 0.2) is 97.1 Å². The molecule has 0 N–H and O–H groups in total. The predicted octanol–water partition coefficient (Wildman–Crippen LogP) is 11.2. The zero-order valence-electron chi connectivity index (χ0n) is 35.5. The Bertz CT molecular complexity index is 1790. The molecule has 0 unspecified atom stereocenters. The Morgan fingerprint density at radius 3 is 0.867 bits per heavy atom. The van der Waals surface area contributed by atoms with Gasteiger partial charge >= 0.3 is 23.9 Å². The van der Waals surface area contributed by atoms with Crippen molar-refractivity contribution in [3.63, 3.8) is 0 Å². The third-order valence-electron chi connectivity index (χ3n) is 11.0. The Morgan fingerprint density at radius 1 is 0.417 bits per heavy atom. The molecule has 0 aliphatic heterocycles. The second kappa shape index (κ2) is 23.8. The summed E-state index contributed by atoms with van der Waals surface area (Å²) in [4.78, 5) is 49.4. The van der Waals surface area contributed by atoms with Crippen molar-refractivity contribution in [1.29, 1.82) is 0 Å². The minimum atomic E-state index is -0.346. The molecular formula is C50H64O10. The van der Waals surface area contributed by atoms with E-state index >= 15 is 0 Å². The molecule has 0 heterocycles. The van der Waals surface area contributed by atoms with Gasteiger partial charge < -0.3 is 28.4 Å². The van der Waals surface area contributed by atoms with Gasteiger partial charge in [0.2, 0.25) is 0 Å². The van der Waals surface area contributed by atoms with Crippen molar-refractivity contribution in [2.75, 3.05) is 14.2 Å². The van der Waals surface area contributed by atoms with Crippen LogP contribution in [0.5, 0.6) is 11.5 Å². The first-order valence-electron chi connectivity index (χ1n) is 21.5. The number of methoxy groups -OCH3 is 2. The molecule has 0 aromatic heterocycles. The minimum absolute atomic E-state index is 0. The van der Waals surface area contributed by atoms with Crippen LogP contribution in [0.3, 0.4) is 0 Å². The summed E-state index contributed by atoms with van der Waals surface area (Å²) in [5.74, 6) is 0.153. The van der Waals surface area contributed by atoms with E-state index in [0.717, 1.165) is 38.5 Å². The number of esters is 4. The summed E-state index contributed by atoms with van der Waals surface area (Å²) in [6, 6.07) is 29.1. The molecule has 0 spiro atoms. The zero-order valence-corrected chi connectivity index (χ0v) is 35.5. The van der Waals surface area contributed by atoms with Crippen LogP contribution in [0.4, 0.5) is 0 Å². The largest absolute Gasteiger partial charge is 0.497 e. The number of aryl methyl sites for hydroxylation is 2. The van der Waals surface area contributed by atoms with Crippen LogP contribution in [0.1, 0.15) is 146 Å².